The summed E-state index contributed by atoms with van der Waals surface area (Å²) < 4.78 is 46.1. The van der Waals surface area contributed by atoms with Crippen LogP contribution in [-0.4, -0.2) is 32.4 Å². The number of morpholine rings is 1. The Balaban J connectivity index is 1.90. The van der Waals surface area contributed by atoms with Gasteiger partial charge in [0.25, 0.3) is 0 Å². The summed E-state index contributed by atoms with van der Waals surface area (Å²) >= 11 is 6.19. The zero-order valence-electron chi connectivity index (χ0n) is 13.1. The van der Waals surface area contributed by atoms with Crippen molar-refractivity contribution in [3.63, 3.8) is 0 Å². The van der Waals surface area contributed by atoms with E-state index in [-0.39, 0.29) is 24.6 Å². The Labute approximate surface area is 145 Å². The van der Waals surface area contributed by atoms with Crippen molar-refractivity contribution in [3.8, 4) is 0 Å². The maximum atomic E-state index is 13.3. The zero-order valence-corrected chi connectivity index (χ0v) is 14.6. The number of halogens is 2. The second-order valence-corrected chi connectivity index (χ2v) is 7.97. The first-order valence-corrected chi connectivity index (χ1v) is 9.34. The number of rotatable bonds is 3. The molecule has 0 saturated carbocycles. The fourth-order valence-corrected chi connectivity index (χ4v) is 4.70. The van der Waals surface area contributed by atoms with Crippen LogP contribution in [0.1, 0.15) is 17.2 Å². The molecule has 4 nitrogen and oxygen atoms in total. The second kappa shape index (κ2) is 6.80. The molecule has 1 unspecified atom stereocenters. The number of ether oxygens (including phenoxy) is 1. The van der Waals surface area contributed by atoms with Crippen molar-refractivity contribution in [2.75, 3.05) is 19.7 Å². The topological polar surface area (TPSA) is 46.6 Å². The van der Waals surface area contributed by atoms with Gasteiger partial charge in [0.15, 0.2) is 0 Å². The molecule has 1 aliphatic rings. The van der Waals surface area contributed by atoms with Crippen molar-refractivity contribution in [2.24, 2.45) is 0 Å². The molecular formula is C17H17ClFNO3S. The van der Waals surface area contributed by atoms with Gasteiger partial charge in [-0.25, -0.2) is 12.8 Å². The van der Waals surface area contributed by atoms with Crippen LogP contribution in [0.3, 0.4) is 0 Å². The molecule has 3 rings (SSSR count). The Morgan fingerprint density at radius 2 is 2.00 bits per heavy atom. The third-order valence-electron chi connectivity index (χ3n) is 4.04. The number of benzene rings is 2. The molecule has 2 aromatic carbocycles. The summed E-state index contributed by atoms with van der Waals surface area (Å²) in [5.74, 6) is -0.456. The number of nitrogens with zero attached hydrogens (tertiary/aromatic N) is 1. The minimum absolute atomic E-state index is 0.115. The summed E-state index contributed by atoms with van der Waals surface area (Å²) in [4.78, 5) is 0.115. The van der Waals surface area contributed by atoms with E-state index in [1.165, 1.54) is 16.4 Å². The van der Waals surface area contributed by atoms with E-state index in [0.29, 0.717) is 10.6 Å². The van der Waals surface area contributed by atoms with Gasteiger partial charge in [0, 0.05) is 23.7 Å². The summed E-state index contributed by atoms with van der Waals surface area (Å²) in [7, 11) is -3.72. The van der Waals surface area contributed by atoms with E-state index in [2.05, 4.69) is 0 Å². The molecule has 0 spiro atoms. The van der Waals surface area contributed by atoms with Crippen molar-refractivity contribution in [3.05, 3.63) is 64.4 Å². The average molecular weight is 370 g/mol. The van der Waals surface area contributed by atoms with Crippen LogP contribution in [-0.2, 0) is 14.8 Å². The van der Waals surface area contributed by atoms with Crippen molar-refractivity contribution in [2.45, 2.75) is 17.9 Å². The quantitative estimate of drug-likeness (QED) is 0.831. The Morgan fingerprint density at radius 3 is 2.71 bits per heavy atom. The Kier molecular flexibility index (Phi) is 4.92. The van der Waals surface area contributed by atoms with Crippen LogP contribution >= 0.6 is 11.6 Å². The zero-order chi connectivity index (χ0) is 17.3. The van der Waals surface area contributed by atoms with E-state index in [4.69, 9.17) is 16.3 Å². The second-order valence-electron chi connectivity index (χ2n) is 5.65. The smallest absolute Gasteiger partial charge is 0.243 e. The van der Waals surface area contributed by atoms with Gasteiger partial charge in [0.05, 0.1) is 17.6 Å². The molecule has 7 heteroatoms. The summed E-state index contributed by atoms with van der Waals surface area (Å²) in [6, 6.07) is 10.9. The highest BCUT2D eigenvalue weighted by Gasteiger charge is 2.33. The molecule has 0 aliphatic carbocycles. The fourth-order valence-electron chi connectivity index (χ4n) is 2.81. The van der Waals surface area contributed by atoms with Gasteiger partial charge in [-0.2, -0.15) is 4.31 Å². The van der Waals surface area contributed by atoms with Gasteiger partial charge in [0.1, 0.15) is 5.82 Å². The molecule has 128 valence electrons. The monoisotopic (exact) mass is 369 g/mol. The third-order valence-corrected chi connectivity index (χ3v) is 6.41. The molecule has 0 radical (unpaired) electrons. The van der Waals surface area contributed by atoms with Gasteiger partial charge in [-0.15, -0.1) is 0 Å². The van der Waals surface area contributed by atoms with E-state index in [1.807, 2.05) is 18.2 Å². The van der Waals surface area contributed by atoms with Gasteiger partial charge in [-0.1, -0.05) is 29.8 Å². The third kappa shape index (κ3) is 3.32. The molecule has 0 amide bonds. The minimum atomic E-state index is -3.72. The van der Waals surface area contributed by atoms with Crippen molar-refractivity contribution >= 4 is 21.6 Å². The number of hydrogen-bond donors (Lipinski definition) is 0. The lowest BCUT2D eigenvalue weighted by Gasteiger charge is -2.33. The van der Waals surface area contributed by atoms with Gasteiger partial charge in [-0.05, 0) is 36.8 Å². The molecule has 1 fully saturated rings. The summed E-state index contributed by atoms with van der Waals surface area (Å²) in [6.07, 6.45) is -0.428. The van der Waals surface area contributed by atoms with E-state index >= 15 is 0 Å². The van der Waals surface area contributed by atoms with Crippen LogP contribution in [0.2, 0.25) is 5.02 Å². The molecular weight excluding hydrogens is 353 g/mol. The van der Waals surface area contributed by atoms with Crippen LogP contribution in [0.5, 0.6) is 0 Å². The summed E-state index contributed by atoms with van der Waals surface area (Å²) in [5.41, 5.74) is 1.14. The predicted molar refractivity (Wildman–Crippen MR) is 90.0 cm³/mol. The molecule has 24 heavy (non-hydrogen) atoms. The summed E-state index contributed by atoms with van der Waals surface area (Å²) in [6.45, 7) is 2.28. The Morgan fingerprint density at radius 1 is 1.25 bits per heavy atom. The first-order chi connectivity index (χ1) is 11.4. The minimum Gasteiger partial charge on any atom is -0.371 e. The van der Waals surface area contributed by atoms with Gasteiger partial charge >= 0.3 is 0 Å². The van der Waals surface area contributed by atoms with Gasteiger partial charge < -0.3 is 4.74 Å². The highest BCUT2D eigenvalue weighted by molar-refractivity contribution is 7.89. The van der Waals surface area contributed by atoms with Crippen molar-refractivity contribution < 1.29 is 17.5 Å². The molecule has 1 saturated heterocycles. The number of aryl methyl sites for hydroxylation is 1. The predicted octanol–water partition coefficient (Wildman–Crippen LogP) is 3.55. The molecule has 1 atom stereocenters. The largest absolute Gasteiger partial charge is 0.371 e. The van der Waals surface area contributed by atoms with Gasteiger partial charge in [-0.3, -0.25) is 0 Å². The van der Waals surface area contributed by atoms with Crippen LogP contribution in [0.4, 0.5) is 4.39 Å². The SMILES string of the molecule is Cc1cc(F)ccc1S(=O)(=O)N1CCOC(c2ccccc2Cl)C1. The van der Waals surface area contributed by atoms with E-state index in [0.717, 1.165) is 11.6 Å². The molecule has 0 bridgehead atoms. The first-order valence-electron chi connectivity index (χ1n) is 7.52. The van der Waals surface area contributed by atoms with Crippen LogP contribution in [0.25, 0.3) is 0 Å². The Bertz CT molecular complexity index is 857. The molecule has 0 N–H and O–H groups in total. The van der Waals surface area contributed by atoms with E-state index in [1.54, 1.807) is 13.0 Å². The molecule has 0 aromatic heterocycles. The van der Waals surface area contributed by atoms with Gasteiger partial charge in [0.2, 0.25) is 10.0 Å². The molecule has 1 aliphatic heterocycles. The lowest BCUT2D eigenvalue weighted by Crippen LogP contribution is -2.42. The fraction of sp³-hybridized carbons (Fsp3) is 0.294. The van der Waals surface area contributed by atoms with Crippen LogP contribution < -0.4 is 0 Å². The average Bonchev–Trinajstić information content (AvgIpc) is 2.55. The van der Waals surface area contributed by atoms with E-state index < -0.39 is 21.9 Å². The van der Waals surface area contributed by atoms with Crippen LogP contribution in [0.15, 0.2) is 47.4 Å². The van der Waals surface area contributed by atoms with Crippen LogP contribution in [0, 0.1) is 12.7 Å². The number of hydrogen-bond acceptors (Lipinski definition) is 3. The van der Waals surface area contributed by atoms with Crippen molar-refractivity contribution in [1.82, 2.24) is 4.31 Å². The first kappa shape index (κ1) is 17.4. The summed E-state index contributed by atoms with van der Waals surface area (Å²) in [5, 5.41) is 0.541. The van der Waals surface area contributed by atoms with Crippen molar-refractivity contribution in [1.29, 1.82) is 0 Å². The maximum Gasteiger partial charge on any atom is 0.243 e. The van der Waals surface area contributed by atoms with E-state index in [9.17, 15) is 12.8 Å². The standard InChI is InChI=1S/C17H17ClFNO3S/c1-12-10-13(19)6-7-17(12)24(21,22)20-8-9-23-16(11-20)14-4-2-3-5-15(14)18/h2-7,10,16H,8-9,11H2,1H3. The highest BCUT2D eigenvalue weighted by atomic mass is 35.5. The molecule has 1 heterocycles. The highest BCUT2D eigenvalue weighted by Crippen LogP contribution is 2.31. The molecule has 2 aromatic rings. The Hall–Kier alpha value is -1.47. The normalized spacial score (nSPS) is 19.4. The lowest BCUT2D eigenvalue weighted by molar-refractivity contribution is -0.00251. The maximum absolute atomic E-state index is 13.3. The lowest BCUT2D eigenvalue weighted by atomic mass is 10.1. The number of sulfonamides is 1.